The minimum absolute atomic E-state index is 0.148. The standard InChI is InChI=1S/C24H25N3O3S2/c28-23(26-22-12-6-5-11-21(22)19-9-3-1-4-10-19)18-31-24-14-13-20(17-25-24)32(29,30)27-15-7-2-8-16-27/h1,3-6,9-14,17H,2,7-8,15-16,18H2,(H,26,28). The average Bonchev–Trinajstić information content (AvgIpc) is 2.84. The van der Waals surface area contributed by atoms with Crippen LogP contribution in [0.25, 0.3) is 11.1 Å². The molecule has 0 bridgehead atoms. The second-order valence-electron chi connectivity index (χ2n) is 7.55. The first kappa shape index (κ1) is 22.5. The number of carbonyl (C=O) groups is 1. The minimum atomic E-state index is -3.50. The van der Waals surface area contributed by atoms with Crippen molar-refractivity contribution in [2.75, 3.05) is 24.2 Å². The summed E-state index contributed by atoms with van der Waals surface area (Å²) in [5, 5.41) is 3.57. The molecule has 0 spiro atoms. The van der Waals surface area contributed by atoms with Crippen molar-refractivity contribution in [1.82, 2.24) is 9.29 Å². The fourth-order valence-corrected chi connectivity index (χ4v) is 5.75. The van der Waals surface area contributed by atoms with Gasteiger partial charge in [0.15, 0.2) is 0 Å². The Bertz CT molecular complexity index is 1160. The number of amides is 1. The van der Waals surface area contributed by atoms with Crippen molar-refractivity contribution >= 4 is 33.4 Å². The Balaban J connectivity index is 1.37. The molecule has 0 radical (unpaired) electrons. The molecule has 0 saturated carbocycles. The third kappa shape index (κ3) is 5.38. The van der Waals surface area contributed by atoms with E-state index in [1.807, 2.05) is 54.6 Å². The van der Waals surface area contributed by atoms with Gasteiger partial charge in [-0.1, -0.05) is 66.7 Å². The van der Waals surface area contributed by atoms with Crippen molar-refractivity contribution in [1.29, 1.82) is 0 Å². The molecule has 0 atom stereocenters. The summed E-state index contributed by atoms with van der Waals surface area (Å²) < 4.78 is 27.0. The zero-order chi connectivity index (χ0) is 22.4. The molecule has 0 unspecified atom stereocenters. The molecular weight excluding hydrogens is 442 g/mol. The van der Waals surface area contributed by atoms with Crippen molar-refractivity contribution in [3.8, 4) is 11.1 Å². The van der Waals surface area contributed by atoms with Crippen LogP contribution in [-0.4, -0.2) is 42.5 Å². The zero-order valence-electron chi connectivity index (χ0n) is 17.6. The maximum atomic E-state index is 12.7. The van der Waals surface area contributed by atoms with Crippen LogP contribution >= 0.6 is 11.8 Å². The van der Waals surface area contributed by atoms with E-state index in [1.165, 1.54) is 22.3 Å². The van der Waals surface area contributed by atoms with Crippen LogP contribution in [-0.2, 0) is 14.8 Å². The van der Waals surface area contributed by atoms with Gasteiger partial charge in [0.05, 0.1) is 10.8 Å². The van der Waals surface area contributed by atoms with Gasteiger partial charge < -0.3 is 5.32 Å². The van der Waals surface area contributed by atoms with Gasteiger partial charge in [-0.05, 0) is 36.6 Å². The molecule has 1 amide bonds. The molecule has 32 heavy (non-hydrogen) atoms. The number of carbonyl (C=O) groups excluding carboxylic acids is 1. The maximum Gasteiger partial charge on any atom is 0.244 e. The van der Waals surface area contributed by atoms with E-state index in [-0.39, 0.29) is 16.6 Å². The Morgan fingerprint density at radius 3 is 2.38 bits per heavy atom. The predicted molar refractivity (Wildman–Crippen MR) is 128 cm³/mol. The Kier molecular flexibility index (Phi) is 7.24. The largest absolute Gasteiger partial charge is 0.325 e. The number of rotatable bonds is 7. The monoisotopic (exact) mass is 467 g/mol. The molecule has 0 aliphatic carbocycles. The topological polar surface area (TPSA) is 79.4 Å². The molecule has 8 heteroatoms. The normalized spacial score (nSPS) is 14.8. The van der Waals surface area contributed by atoms with E-state index < -0.39 is 10.0 Å². The molecule has 1 saturated heterocycles. The molecule has 1 aromatic heterocycles. The number of nitrogens with one attached hydrogen (secondary N) is 1. The number of thioether (sulfide) groups is 1. The van der Waals surface area contributed by atoms with E-state index in [2.05, 4.69) is 10.3 Å². The third-order valence-corrected chi connectivity index (χ3v) is 8.13. The van der Waals surface area contributed by atoms with Crippen molar-refractivity contribution in [3.63, 3.8) is 0 Å². The second-order valence-corrected chi connectivity index (χ2v) is 10.5. The fourth-order valence-electron chi connectivity index (χ4n) is 3.65. The van der Waals surface area contributed by atoms with Gasteiger partial charge in [0, 0.05) is 30.5 Å². The summed E-state index contributed by atoms with van der Waals surface area (Å²) in [7, 11) is -3.50. The molecule has 4 rings (SSSR count). The molecule has 2 heterocycles. The van der Waals surface area contributed by atoms with Gasteiger partial charge in [0.1, 0.15) is 4.90 Å². The van der Waals surface area contributed by atoms with Crippen molar-refractivity contribution in [2.45, 2.75) is 29.2 Å². The highest BCUT2D eigenvalue weighted by molar-refractivity contribution is 7.99. The van der Waals surface area contributed by atoms with Crippen LogP contribution in [0.1, 0.15) is 19.3 Å². The lowest BCUT2D eigenvalue weighted by atomic mass is 10.0. The van der Waals surface area contributed by atoms with Crippen molar-refractivity contribution in [2.24, 2.45) is 0 Å². The van der Waals surface area contributed by atoms with Gasteiger partial charge in [-0.25, -0.2) is 13.4 Å². The number of piperidine rings is 1. The molecule has 6 nitrogen and oxygen atoms in total. The van der Waals surface area contributed by atoms with Crippen LogP contribution < -0.4 is 5.32 Å². The van der Waals surface area contributed by atoms with Gasteiger partial charge in [0.25, 0.3) is 0 Å². The van der Waals surface area contributed by atoms with Gasteiger partial charge in [-0.15, -0.1) is 0 Å². The number of hydrogen-bond donors (Lipinski definition) is 1. The Morgan fingerprint density at radius 1 is 0.938 bits per heavy atom. The number of sulfonamides is 1. The number of pyridine rings is 1. The third-order valence-electron chi connectivity index (χ3n) is 5.30. The van der Waals surface area contributed by atoms with E-state index in [4.69, 9.17) is 0 Å². The first-order valence-electron chi connectivity index (χ1n) is 10.6. The minimum Gasteiger partial charge on any atom is -0.325 e. The lowest BCUT2D eigenvalue weighted by molar-refractivity contribution is -0.113. The smallest absolute Gasteiger partial charge is 0.244 e. The van der Waals surface area contributed by atoms with Crippen molar-refractivity contribution < 1.29 is 13.2 Å². The number of aromatic nitrogens is 1. The summed E-state index contributed by atoms with van der Waals surface area (Å²) >= 11 is 1.27. The number of para-hydroxylation sites is 1. The number of nitrogens with zero attached hydrogens (tertiary/aromatic N) is 2. The summed E-state index contributed by atoms with van der Waals surface area (Å²) in [6.07, 6.45) is 4.23. The molecule has 2 aromatic carbocycles. The lowest BCUT2D eigenvalue weighted by Crippen LogP contribution is -2.35. The molecule has 1 aliphatic heterocycles. The van der Waals surface area contributed by atoms with Crippen LogP contribution in [0.3, 0.4) is 0 Å². The summed E-state index contributed by atoms with van der Waals surface area (Å²) in [5.74, 6) is 0.0270. The van der Waals surface area contributed by atoms with E-state index >= 15 is 0 Å². The van der Waals surface area contributed by atoms with Crippen LogP contribution in [0.2, 0.25) is 0 Å². The first-order valence-corrected chi connectivity index (χ1v) is 13.0. The van der Waals surface area contributed by atoms with Crippen molar-refractivity contribution in [3.05, 3.63) is 72.9 Å². The number of hydrogen-bond acceptors (Lipinski definition) is 5. The maximum absolute atomic E-state index is 12.7. The van der Waals surface area contributed by atoms with Crippen LogP contribution in [0.15, 0.2) is 82.8 Å². The number of benzene rings is 2. The molecular formula is C24H25N3O3S2. The van der Waals surface area contributed by atoms with Gasteiger partial charge >= 0.3 is 0 Å². The summed E-state index contributed by atoms with van der Waals surface area (Å²) in [5.41, 5.74) is 2.74. The average molecular weight is 468 g/mol. The highest BCUT2D eigenvalue weighted by atomic mass is 32.2. The van der Waals surface area contributed by atoms with Crippen LogP contribution in [0.5, 0.6) is 0 Å². The molecule has 1 aliphatic rings. The van der Waals surface area contributed by atoms with Crippen LogP contribution in [0.4, 0.5) is 5.69 Å². The van der Waals surface area contributed by atoms with Crippen LogP contribution in [0, 0.1) is 0 Å². The lowest BCUT2D eigenvalue weighted by Gasteiger charge is -2.25. The quantitative estimate of drug-likeness (QED) is 0.512. The molecule has 1 N–H and O–H groups in total. The van der Waals surface area contributed by atoms with Gasteiger partial charge in [0.2, 0.25) is 15.9 Å². The summed E-state index contributed by atoms with van der Waals surface area (Å²) in [4.78, 5) is 17.0. The van der Waals surface area contributed by atoms with Gasteiger partial charge in [-0.2, -0.15) is 4.31 Å². The Morgan fingerprint density at radius 2 is 1.66 bits per heavy atom. The Labute approximate surface area is 193 Å². The highest BCUT2D eigenvalue weighted by Crippen LogP contribution is 2.28. The SMILES string of the molecule is O=C(CSc1ccc(S(=O)(=O)N2CCCCC2)cn1)Nc1ccccc1-c1ccccc1. The van der Waals surface area contributed by atoms with E-state index in [1.54, 1.807) is 12.1 Å². The van der Waals surface area contributed by atoms with E-state index in [0.29, 0.717) is 18.1 Å². The fraction of sp³-hybridized carbons (Fsp3) is 0.250. The summed E-state index contributed by atoms with van der Waals surface area (Å²) in [6, 6.07) is 20.8. The first-order chi connectivity index (χ1) is 15.5. The predicted octanol–water partition coefficient (Wildman–Crippen LogP) is 4.65. The molecule has 166 valence electrons. The molecule has 1 fully saturated rings. The van der Waals surface area contributed by atoms with E-state index in [0.717, 1.165) is 36.1 Å². The van der Waals surface area contributed by atoms with Gasteiger partial charge in [-0.3, -0.25) is 4.79 Å². The molecule has 3 aromatic rings. The second kappa shape index (κ2) is 10.3. The van der Waals surface area contributed by atoms with E-state index in [9.17, 15) is 13.2 Å². The summed E-state index contributed by atoms with van der Waals surface area (Å²) in [6.45, 7) is 1.12. The zero-order valence-corrected chi connectivity index (χ0v) is 19.2. The number of anilines is 1. The Hall–Kier alpha value is -2.68. The highest BCUT2D eigenvalue weighted by Gasteiger charge is 2.26.